The van der Waals surface area contributed by atoms with Crippen LogP contribution in [0.2, 0.25) is 5.02 Å². The Morgan fingerprint density at radius 3 is 2.76 bits per heavy atom. The van der Waals surface area contributed by atoms with Crippen molar-refractivity contribution in [1.82, 2.24) is 15.0 Å². The first-order valence-electron chi connectivity index (χ1n) is 6.40. The van der Waals surface area contributed by atoms with Gasteiger partial charge in [-0.3, -0.25) is 0 Å². The van der Waals surface area contributed by atoms with Gasteiger partial charge in [0.1, 0.15) is 5.82 Å². The Morgan fingerprint density at radius 1 is 1.00 bits per heavy atom. The number of nitrogens with one attached hydrogen (secondary N) is 1. The fourth-order valence-corrected chi connectivity index (χ4v) is 2.54. The van der Waals surface area contributed by atoms with Crippen LogP contribution in [0.5, 0.6) is 0 Å². The molecule has 0 aliphatic rings. The van der Waals surface area contributed by atoms with E-state index in [0.29, 0.717) is 10.7 Å². The lowest BCUT2D eigenvalue weighted by Gasteiger charge is -2.00. The first-order chi connectivity index (χ1) is 10.2. The number of H-pyrrole nitrogens is 1. The summed E-state index contributed by atoms with van der Waals surface area (Å²) in [6, 6.07) is 12.2. The number of rotatable bonds is 1. The molecule has 0 aliphatic heterocycles. The third-order valence-electron chi connectivity index (χ3n) is 3.37. The molecule has 4 aromatic rings. The minimum Gasteiger partial charge on any atom is -0.353 e. The highest BCUT2D eigenvalue weighted by Gasteiger charge is 2.07. The monoisotopic (exact) mass is 297 g/mol. The van der Waals surface area contributed by atoms with Gasteiger partial charge in [-0.1, -0.05) is 11.6 Å². The SMILES string of the molecule is Fc1ccc2cc(-c3ccc4cc(Cl)cnc4n3)[nH]c2c1. The number of nitrogens with zero attached hydrogens (tertiary/aromatic N) is 2. The largest absolute Gasteiger partial charge is 0.353 e. The third-order valence-corrected chi connectivity index (χ3v) is 3.58. The topological polar surface area (TPSA) is 41.6 Å². The van der Waals surface area contributed by atoms with Gasteiger partial charge in [0.15, 0.2) is 5.65 Å². The Kier molecular flexibility index (Phi) is 2.65. The first kappa shape index (κ1) is 12.3. The molecule has 3 nitrogen and oxygen atoms in total. The molecule has 0 aliphatic carbocycles. The molecule has 0 amide bonds. The quantitative estimate of drug-likeness (QED) is 0.559. The van der Waals surface area contributed by atoms with Gasteiger partial charge in [0.25, 0.3) is 0 Å². The van der Waals surface area contributed by atoms with Gasteiger partial charge in [-0.15, -0.1) is 0 Å². The number of benzene rings is 1. The smallest absolute Gasteiger partial charge is 0.159 e. The van der Waals surface area contributed by atoms with Crippen LogP contribution in [0.4, 0.5) is 4.39 Å². The second-order valence-electron chi connectivity index (χ2n) is 4.81. The summed E-state index contributed by atoms with van der Waals surface area (Å²) in [4.78, 5) is 11.9. The molecule has 0 radical (unpaired) electrons. The standard InChI is InChI=1S/C16H9ClFN3/c17-11-5-10-2-4-13(21-16(10)19-8-11)15-6-9-1-3-12(18)7-14(9)20-15/h1-8,20H. The van der Waals surface area contributed by atoms with Gasteiger partial charge in [-0.25, -0.2) is 14.4 Å². The van der Waals surface area contributed by atoms with E-state index in [2.05, 4.69) is 15.0 Å². The molecule has 0 bridgehead atoms. The molecule has 0 spiro atoms. The van der Waals surface area contributed by atoms with E-state index in [-0.39, 0.29) is 5.82 Å². The van der Waals surface area contributed by atoms with Crippen molar-refractivity contribution in [3.63, 3.8) is 0 Å². The zero-order valence-corrected chi connectivity index (χ0v) is 11.5. The summed E-state index contributed by atoms with van der Waals surface area (Å²) in [5.41, 5.74) is 2.96. The number of hydrogen-bond donors (Lipinski definition) is 1. The summed E-state index contributed by atoms with van der Waals surface area (Å²) in [5, 5.41) is 2.41. The van der Waals surface area contributed by atoms with E-state index in [4.69, 9.17) is 11.6 Å². The Hall–Kier alpha value is -2.46. The van der Waals surface area contributed by atoms with Crippen LogP contribution in [-0.2, 0) is 0 Å². The lowest BCUT2D eigenvalue weighted by Crippen LogP contribution is -1.87. The number of fused-ring (bicyclic) bond motifs is 2. The van der Waals surface area contributed by atoms with Crippen molar-refractivity contribution in [1.29, 1.82) is 0 Å². The molecule has 0 saturated heterocycles. The Labute approximate surface area is 124 Å². The van der Waals surface area contributed by atoms with Crippen LogP contribution in [0.25, 0.3) is 33.3 Å². The lowest BCUT2D eigenvalue weighted by molar-refractivity contribution is 0.629. The molecule has 3 heterocycles. The van der Waals surface area contributed by atoms with Gasteiger partial charge in [0.05, 0.1) is 16.4 Å². The van der Waals surface area contributed by atoms with Crippen LogP contribution >= 0.6 is 11.6 Å². The maximum Gasteiger partial charge on any atom is 0.159 e. The van der Waals surface area contributed by atoms with Crippen LogP contribution in [0.1, 0.15) is 0 Å². The van der Waals surface area contributed by atoms with E-state index < -0.39 is 0 Å². The molecule has 0 fully saturated rings. The van der Waals surface area contributed by atoms with Crippen LogP contribution in [-0.4, -0.2) is 15.0 Å². The molecule has 0 unspecified atom stereocenters. The van der Waals surface area contributed by atoms with Crippen molar-refractivity contribution in [2.24, 2.45) is 0 Å². The third kappa shape index (κ3) is 2.14. The summed E-state index contributed by atoms with van der Waals surface area (Å²) in [5.74, 6) is -0.265. The van der Waals surface area contributed by atoms with Crippen LogP contribution in [0.15, 0.2) is 48.7 Å². The number of pyridine rings is 2. The molecule has 1 aromatic carbocycles. The molecule has 0 saturated carbocycles. The Morgan fingerprint density at radius 2 is 1.86 bits per heavy atom. The maximum atomic E-state index is 13.2. The van der Waals surface area contributed by atoms with E-state index in [9.17, 15) is 4.39 Å². The van der Waals surface area contributed by atoms with Crippen molar-refractivity contribution >= 4 is 33.5 Å². The van der Waals surface area contributed by atoms with Gasteiger partial charge < -0.3 is 4.98 Å². The first-order valence-corrected chi connectivity index (χ1v) is 6.78. The zero-order chi connectivity index (χ0) is 14.4. The average Bonchev–Trinajstić information content (AvgIpc) is 2.89. The molecule has 3 aromatic heterocycles. The van der Waals surface area contributed by atoms with Crippen molar-refractivity contribution in [2.45, 2.75) is 0 Å². The van der Waals surface area contributed by atoms with Gasteiger partial charge in [0, 0.05) is 22.5 Å². The van der Waals surface area contributed by atoms with E-state index >= 15 is 0 Å². The molecule has 1 N–H and O–H groups in total. The number of hydrogen-bond acceptors (Lipinski definition) is 2. The maximum absolute atomic E-state index is 13.2. The summed E-state index contributed by atoms with van der Waals surface area (Å²) in [6.07, 6.45) is 1.57. The minimum absolute atomic E-state index is 0.265. The molecule has 5 heteroatoms. The van der Waals surface area contributed by atoms with Crippen molar-refractivity contribution < 1.29 is 4.39 Å². The van der Waals surface area contributed by atoms with Gasteiger partial charge in [-0.05, 0) is 42.5 Å². The van der Waals surface area contributed by atoms with E-state index in [1.54, 1.807) is 12.3 Å². The van der Waals surface area contributed by atoms with Crippen LogP contribution in [0.3, 0.4) is 0 Å². The normalized spacial score (nSPS) is 11.3. The molecule has 4 rings (SSSR count). The number of halogens is 2. The predicted octanol–water partition coefficient (Wildman–Crippen LogP) is 4.57. The molecular weight excluding hydrogens is 289 g/mol. The fourth-order valence-electron chi connectivity index (χ4n) is 2.37. The lowest BCUT2D eigenvalue weighted by atomic mass is 10.2. The van der Waals surface area contributed by atoms with Crippen molar-refractivity contribution in [3.05, 3.63) is 59.5 Å². The van der Waals surface area contributed by atoms with Crippen LogP contribution in [0, 0.1) is 5.82 Å². The highest BCUT2D eigenvalue weighted by atomic mass is 35.5. The average molecular weight is 298 g/mol. The second kappa shape index (κ2) is 4.53. The van der Waals surface area contributed by atoms with Crippen molar-refractivity contribution in [2.75, 3.05) is 0 Å². The summed E-state index contributed by atoms with van der Waals surface area (Å²) in [7, 11) is 0. The highest BCUT2D eigenvalue weighted by molar-refractivity contribution is 6.31. The van der Waals surface area contributed by atoms with Crippen LogP contribution < -0.4 is 0 Å². The summed E-state index contributed by atoms with van der Waals surface area (Å²) >= 11 is 5.91. The fraction of sp³-hybridized carbons (Fsp3) is 0. The Bertz CT molecular complexity index is 978. The molecule has 0 atom stereocenters. The molecule has 21 heavy (non-hydrogen) atoms. The summed E-state index contributed by atoms with van der Waals surface area (Å²) in [6.45, 7) is 0. The van der Waals surface area contributed by atoms with Gasteiger partial charge in [-0.2, -0.15) is 0 Å². The highest BCUT2D eigenvalue weighted by Crippen LogP contribution is 2.25. The molecular formula is C16H9ClFN3. The van der Waals surface area contributed by atoms with Gasteiger partial charge in [0.2, 0.25) is 0 Å². The van der Waals surface area contributed by atoms with E-state index in [1.807, 2.05) is 24.3 Å². The van der Waals surface area contributed by atoms with E-state index in [1.165, 1.54) is 12.1 Å². The van der Waals surface area contributed by atoms with E-state index in [0.717, 1.165) is 27.7 Å². The minimum atomic E-state index is -0.265. The Balaban J connectivity index is 1.89. The number of aromatic nitrogens is 3. The molecule has 102 valence electrons. The zero-order valence-electron chi connectivity index (χ0n) is 10.8. The number of aromatic amines is 1. The predicted molar refractivity (Wildman–Crippen MR) is 81.8 cm³/mol. The summed E-state index contributed by atoms with van der Waals surface area (Å²) < 4.78 is 13.2. The van der Waals surface area contributed by atoms with Crippen molar-refractivity contribution in [3.8, 4) is 11.4 Å². The second-order valence-corrected chi connectivity index (χ2v) is 5.25. The van der Waals surface area contributed by atoms with Gasteiger partial charge >= 0.3 is 0 Å².